The Balaban J connectivity index is 1.39. The molecule has 1 fully saturated rings. The number of rotatable bonds is 5. The summed E-state index contributed by atoms with van der Waals surface area (Å²) >= 11 is 0. The van der Waals surface area contributed by atoms with Gasteiger partial charge in [0.15, 0.2) is 0 Å². The summed E-state index contributed by atoms with van der Waals surface area (Å²) in [4.78, 5) is 16.9. The first-order chi connectivity index (χ1) is 13.2. The predicted octanol–water partition coefficient (Wildman–Crippen LogP) is 3.22. The zero-order chi connectivity index (χ0) is 18.6. The lowest BCUT2D eigenvalue weighted by atomic mass is 9.85. The lowest BCUT2D eigenvalue weighted by Crippen LogP contribution is -2.37. The largest absolute Gasteiger partial charge is 0.352 e. The average molecular weight is 362 g/mol. The summed E-state index contributed by atoms with van der Waals surface area (Å²) in [6.45, 7) is 1.32. The number of hydrogen-bond donors (Lipinski definition) is 2. The molecule has 2 unspecified atom stereocenters. The van der Waals surface area contributed by atoms with Crippen LogP contribution in [0.15, 0.2) is 54.9 Å². The van der Waals surface area contributed by atoms with E-state index in [1.165, 1.54) is 5.56 Å². The Kier molecular flexibility index (Phi) is 5.21. The number of nitrogens with one attached hydrogen (secondary N) is 1. The van der Waals surface area contributed by atoms with E-state index >= 15 is 0 Å². The summed E-state index contributed by atoms with van der Waals surface area (Å²) in [7, 11) is 0. The van der Waals surface area contributed by atoms with Crippen molar-refractivity contribution in [2.45, 2.75) is 44.8 Å². The number of aromatic nitrogens is 2. The van der Waals surface area contributed by atoms with Gasteiger partial charge in [-0.2, -0.15) is 0 Å². The quantitative estimate of drug-likeness (QED) is 0.732. The molecule has 3 aromatic rings. The smallest absolute Gasteiger partial charge is 0.223 e. The van der Waals surface area contributed by atoms with Crippen molar-refractivity contribution < 1.29 is 4.79 Å². The molecule has 1 aromatic heterocycles. The van der Waals surface area contributed by atoms with E-state index in [0.29, 0.717) is 6.54 Å². The summed E-state index contributed by atoms with van der Waals surface area (Å²) in [6, 6.07) is 16.7. The van der Waals surface area contributed by atoms with E-state index in [-0.39, 0.29) is 17.9 Å². The minimum absolute atomic E-state index is 0.0641. The molecule has 1 aliphatic carbocycles. The molecular weight excluding hydrogens is 336 g/mol. The van der Waals surface area contributed by atoms with Crippen molar-refractivity contribution in [3.63, 3.8) is 0 Å². The molecule has 3 N–H and O–H groups in total. The third-order valence-electron chi connectivity index (χ3n) is 5.42. The molecule has 1 saturated carbocycles. The molecule has 5 nitrogen and oxygen atoms in total. The van der Waals surface area contributed by atoms with E-state index in [9.17, 15) is 4.79 Å². The van der Waals surface area contributed by atoms with Crippen LogP contribution in [0, 0.1) is 5.92 Å². The molecule has 0 aliphatic heterocycles. The van der Waals surface area contributed by atoms with Crippen LogP contribution in [-0.2, 0) is 17.9 Å². The molecule has 140 valence electrons. The van der Waals surface area contributed by atoms with Crippen molar-refractivity contribution in [3.05, 3.63) is 66.0 Å². The Morgan fingerprint density at radius 1 is 1.15 bits per heavy atom. The van der Waals surface area contributed by atoms with Gasteiger partial charge in [-0.15, -0.1) is 0 Å². The van der Waals surface area contributed by atoms with E-state index in [4.69, 9.17) is 5.73 Å². The van der Waals surface area contributed by atoms with Gasteiger partial charge in [0.25, 0.3) is 0 Å². The number of carbonyl (C=O) groups is 1. The van der Waals surface area contributed by atoms with Gasteiger partial charge in [0, 0.05) is 25.0 Å². The molecule has 27 heavy (non-hydrogen) atoms. The molecule has 4 rings (SSSR count). The number of amides is 1. The van der Waals surface area contributed by atoms with Crippen LogP contribution in [0.25, 0.3) is 11.0 Å². The summed E-state index contributed by atoms with van der Waals surface area (Å²) in [5.74, 6) is 0.199. The first-order valence-electron chi connectivity index (χ1n) is 9.70. The predicted molar refractivity (Wildman–Crippen MR) is 107 cm³/mol. The minimum Gasteiger partial charge on any atom is -0.352 e. The number of fused-ring (bicyclic) bond motifs is 1. The third kappa shape index (κ3) is 4.19. The fourth-order valence-electron chi connectivity index (χ4n) is 3.97. The van der Waals surface area contributed by atoms with Crippen LogP contribution < -0.4 is 11.1 Å². The Hall–Kier alpha value is -2.66. The number of hydrogen-bond acceptors (Lipinski definition) is 3. The van der Waals surface area contributed by atoms with E-state index in [0.717, 1.165) is 48.8 Å². The van der Waals surface area contributed by atoms with Gasteiger partial charge in [-0.25, -0.2) is 4.98 Å². The van der Waals surface area contributed by atoms with Gasteiger partial charge in [-0.1, -0.05) is 42.8 Å². The topological polar surface area (TPSA) is 72.9 Å². The fourth-order valence-corrected chi connectivity index (χ4v) is 3.97. The van der Waals surface area contributed by atoms with Crippen LogP contribution in [0.4, 0.5) is 0 Å². The monoisotopic (exact) mass is 362 g/mol. The molecule has 0 spiro atoms. The zero-order valence-electron chi connectivity index (χ0n) is 15.5. The van der Waals surface area contributed by atoms with Crippen LogP contribution in [0.3, 0.4) is 0 Å². The van der Waals surface area contributed by atoms with Crippen molar-refractivity contribution >= 4 is 16.9 Å². The summed E-state index contributed by atoms with van der Waals surface area (Å²) in [5, 5.41) is 3.09. The lowest BCUT2D eigenvalue weighted by molar-refractivity contribution is -0.126. The van der Waals surface area contributed by atoms with Crippen LogP contribution in [0.1, 0.15) is 36.8 Å². The summed E-state index contributed by atoms with van der Waals surface area (Å²) < 4.78 is 2.15. The molecule has 0 radical (unpaired) electrons. The van der Waals surface area contributed by atoms with Gasteiger partial charge in [-0.05, 0) is 42.5 Å². The number of nitrogens with zero attached hydrogens (tertiary/aromatic N) is 2. The minimum atomic E-state index is 0.0641. The molecule has 1 aliphatic rings. The van der Waals surface area contributed by atoms with Crippen LogP contribution >= 0.6 is 0 Å². The molecule has 0 saturated heterocycles. The van der Waals surface area contributed by atoms with Gasteiger partial charge in [0.1, 0.15) is 0 Å². The van der Waals surface area contributed by atoms with E-state index < -0.39 is 0 Å². The number of carbonyl (C=O) groups excluding carboxylic acids is 1. The molecule has 1 heterocycles. The maximum atomic E-state index is 12.4. The van der Waals surface area contributed by atoms with Crippen LogP contribution in [0.5, 0.6) is 0 Å². The van der Waals surface area contributed by atoms with Gasteiger partial charge in [-0.3, -0.25) is 4.79 Å². The first-order valence-corrected chi connectivity index (χ1v) is 9.70. The Morgan fingerprint density at radius 3 is 2.89 bits per heavy atom. The highest BCUT2D eigenvalue weighted by Crippen LogP contribution is 2.23. The van der Waals surface area contributed by atoms with Gasteiger partial charge in [0.05, 0.1) is 17.4 Å². The average Bonchev–Trinajstić information content (AvgIpc) is 3.09. The van der Waals surface area contributed by atoms with Crippen molar-refractivity contribution in [1.29, 1.82) is 0 Å². The highest BCUT2D eigenvalue weighted by atomic mass is 16.1. The molecule has 2 atom stereocenters. The van der Waals surface area contributed by atoms with Gasteiger partial charge >= 0.3 is 0 Å². The first kappa shape index (κ1) is 17.7. The van der Waals surface area contributed by atoms with Crippen molar-refractivity contribution in [2.24, 2.45) is 11.7 Å². The number of nitrogens with two attached hydrogens (primary N) is 1. The van der Waals surface area contributed by atoms with Crippen molar-refractivity contribution in [1.82, 2.24) is 14.9 Å². The molecular formula is C22H26N4O. The Labute approximate surface area is 159 Å². The van der Waals surface area contributed by atoms with Gasteiger partial charge in [0.2, 0.25) is 5.91 Å². The summed E-state index contributed by atoms with van der Waals surface area (Å²) in [5.41, 5.74) is 10.5. The number of imidazole rings is 1. The Morgan fingerprint density at radius 2 is 2.00 bits per heavy atom. The van der Waals surface area contributed by atoms with Crippen LogP contribution in [-0.4, -0.2) is 21.5 Å². The highest BCUT2D eigenvalue weighted by Gasteiger charge is 2.24. The van der Waals surface area contributed by atoms with Crippen LogP contribution in [0.2, 0.25) is 0 Å². The normalized spacial score (nSPS) is 19.9. The zero-order valence-corrected chi connectivity index (χ0v) is 15.5. The second-order valence-electron chi connectivity index (χ2n) is 7.52. The van der Waals surface area contributed by atoms with Crippen molar-refractivity contribution in [2.75, 3.05) is 0 Å². The maximum absolute atomic E-state index is 12.4. The standard InChI is InChI=1S/C22H26N4O/c23-19-8-4-7-18(12-19)22(27)24-13-16-5-3-6-17(11-16)14-26-15-25-20-9-1-2-10-21(20)26/h1-3,5-6,9-11,15,18-19H,4,7-8,12-14,23H2,(H,24,27). The highest BCUT2D eigenvalue weighted by molar-refractivity contribution is 5.78. The van der Waals surface area contributed by atoms with E-state index in [1.54, 1.807) is 0 Å². The second kappa shape index (κ2) is 7.92. The van der Waals surface area contributed by atoms with Crippen molar-refractivity contribution in [3.8, 4) is 0 Å². The number of benzene rings is 2. The number of para-hydroxylation sites is 2. The van der Waals surface area contributed by atoms with E-state index in [2.05, 4.69) is 39.1 Å². The molecule has 2 aromatic carbocycles. The second-order valence-corrected chi connectivity index (χ2v) is 7.52. The van der Waals surface area contributed by atoms with Gasteiger partial charge < -0.3 is 15.6 Å². The summed E-state index contributed by atoms with van der Waals surface area (Å²) in [6.07, 6.45) is 5.72. The maximum Gasteiger partial charge on any atom is 0.223 e. The Bertz CT molecular complexity index is 933. The molecule has 1 amide bonds. The molecule has 5 heteroatoms. The molecule has 0 bridgehead atoms. The third-order valence-corrected chi connectivity index (χ3v) is 5.42. The van der Waals surface area contributed by atoms with E-state index in [1.807, 2.05) is 30.6 Å². The SMILES string of the molecule is NC1CCCC(C(=O)NCc2cccc(Cn3cnc4ccccc43)c2)C1. The lowest BCUT2D eigenvalue weighted by Gasteiger charge is -2.25. The fraction of sp³-hybridized carbons (Fsp3) is 0.364.